The van der Waals surface area contributed by atoms with Gasteiger partial charge >= 0.3 is 17.9 Å². The predicted molar refractivity (Wildman–Crippen MR) is 132 cm³/mol. The van der Waals surface area contributed by atoms with E-state index < -0.39 is 17.2 Å². The number of ether oxygens (including phenoxy) is 3. The summed E-state index contributed by atoms with van der Waals surface area (Å²) in [5.41, 5.74) is -0.390. The molecule has 0 amide bonds. The van der Waals surface area contributed by atoms with Crippen molar-refractivity contribution in [2.24, 2.45) is 0 Å². The number of aromatic nitrogens is 3. The minimum absolute atomic E-state index is 0.00314. The lowest BCUT2D eigenvalue weighted by molar-refractivity contribution is -0.158. The number of carbonyl (C=O) groups excluding carboxylic acids is 3. The molecule has 0 saturated carbocycles. The number of esters is 3. The Bertz CT molecular complexity index is 833. The molecular weight excluding hydrogens is 468 g/mol. The molecule has 1 aliphatic rings. The van der Waals surface area contributed by atoms with Gasteiger partial charge in [-0.3, -0.25) is 29.1 Å². The highest BCUT2D eigenvalue weighted by molar-refractivity contribution is 5.72. The third-order valence-electron chi connectivity index (χ3n) is 5.23. The van der Waals surface area contributed by atoms with Crippen molar-refractivity contribution in [2.45, 2.75) is 65.8 Å². The van der Waals surface area contributed by atoms with Crippen molar-refractivity contribution in [2.75, 3.05) is 59.5 Å². The number of hydrogen-bond donors (Lipinski definition) is 0. The number of rotatable bonds is 8. The average molecular weight is 511 g/mol. The quantitative estimate of drug-likeness (QED) is 0.360. The Kier molecular flexibility index (Phi) is 10.8. The first kappa shape index (κ1) is 29.7. The highest BCUT2D eigenvalue weighted by atomic mass is 16.6. The lowest BCUT2D eigenvalue weighted by Gasteiger charge is -2.27. The summed E-state index contributed by atoms with van der Waals surface area (Å²) in [5.74, 6) is -0.958. The first-order valence-corrected chi connectivity index (χ1v) is 12.3. The van der Waals surface area contributed by atoms with Gasteiger partial charge in [0.2, 0.25) is 0 Å². The molecule has 1 fully saturated rings. The molecule has 1 aliphatic heterocycles. The first-order chi connectivity index (χ1) is 16.7. The normalized spacial score (nSPS) is 17.1. The van der Waals surface area contributed by atoms with Crippen molar-refractivity contribution in [3.63, 3.8) is 0 Å². The molecule has 204 valence electrons. The molecule has 0 atom stereocenters. The van der Waals surface area contributed by atoms with E-state index in [2.05, 4.69) is 19.9 Å². The maximum Gasteiger partial charge on any atom is 0.327 e. The molecule has 0 spiro atoms. The van der Waals surface area contributed by atoms with Gasteiger partial charge < -0.3 is 14.2 Å². The van der Waals surface area contributed by atoms with Crippen LogP contribution in [0.15, 0.2) is 6.20 Å². The van der Waals surface area contributed by atoms with Gasteiger partial charge in [-0.1, -0.05) is 5.21 Å². The van der Waals surface area contributed by atoms with Gasteiger partial charge in [0, 0.05) is 45.8 Å². The number of nitrogens with zero attached hydrogens (tertiary/aromatic N) is 6. The second-order valence-corrected chi connectivity index (χ2v) is 11.0. The maximum absolute atomic E-state index is 12.5. The Balaban J connectivity index is 2.08. The molecule has 0 aliphatic carbocycles. The van der Waals surface area contributed by atoms with E-state index in [0.29, 0.717) is 45.8 Å². The van der Waals surface area contributed by atoms with E-state index in [9.17, 15) is 14.4 Å². The van der Waals surface area contributed by atoms with Crippen LogP contribution in [0.1, 0.15) is 47.2 Å². The minimum Gasteiger partial charge on any atom is -0.468 e. The second kappa shape index (κ2) is 13.1. The molecule has 0 unspecified atom stereocenters. The van der Waals surface area contributed by atoms with Crippen molar-refractivity contribution in [1.82, 2.24) is 29.7 Å². The van der Waals surface area contributed by atoms with Gasteiger partial charge in [-0.15, -0.1) is 5.10 Å². The van der Waals surface area contributed by atoms with Gasteiger partial charge in [0.25, 0.3) is 0 Å². The van der Waals surface area contributed by atoms with E-state index in [1.54, 1.807) is 6.20 Å². The van der Waals surface area contributed by atoms with Crippen LogP contribution in [0.3, 0.4) is 0 Å². The van der Waals surface area contributed by atoms with Crippen molar-refractivity contribution in [1.29, 1.82) is 0 Å². The molecule has 0 N–H and O–H groups in total. The largest absolute Gasteiger partial charge is 0.468 e. The van der Waals surface area contributed by atoms with E-state index in [0.717, 1.165) is 5.69 Å². The molecule has 2 heterocycles. The lowest BCUT2D eigenvalue weighted by atomic mass is 10.2. The lowest BCUT2D eigenvalue weighted by Crippen LogP contribution is -2.42. The summed E-state index contributed by atoms with van der Waals surface area (Å²) < 4.78 is 17.2. The van der Waals surface area contributed by atoms with E-state index in [4.69, 9.17) is 9.47 Å². The molecule has 12 heteroatoms. The summed E-state index contributed by atoms with van der Waals surface area (Å²) in [4.78, 5) is 42.8. The Morgan fingerprint density at radius 3 is 1.61 bits per heavy atom. The van der Waals surface area contributed by atoms with E-state index in [1.807, 2.05) is 51.3 Å². The van der Waals surface area contributed by atoms with Crippen LogP contribution in [0.4, 0.5) is 0 Å². The summed E-state index contributed by atoms with van der Waals surface area (Å²) in [6.07, 6.45) is 1.72. The Labute approximate surface area is 213 Å². The highest BCUT2D eigenvalue weighted by Gasteiger charge is 2.24. The van der Waals surface area contributed by atoms with Gasteiger partial charge in [0.05, 0.1) is 32.1 Å². The summed E-state index contributed by atoms with van der Waals surface area (Å²) in [6.45, 7) is 15.8. The fraction of sp³-hybridized carbons (Fsp3) is 0.792. The summed E-state index contributed by atoms with van der Waals surface area (Å²) in [5, 5.41) is 8.18. The fourth-order valence-electron chi connectivity index (χ4n) is 3.69. The zero-order chi connectivity index (χ0) is 26.9. The maximum atomic E-state index is 12.5. The molecule has 0 radical (unpaired) electrons. The van der Waals surface area contributed by atoms with Crippen LogP contribution in [-0.2, 0) is 41.7 Å². The molecule has 0 bridgehead atoms. The zero-order valence-electron chi connectivity index (χ0n) is 22.8. The van der Waals surface area contributed by atoms with Crippen LogP contribution in [0.25, 0.3) is 0 Å². The summed E-state index contributed by atoms with van der Waals surface area (Å²) in [7, 11) is 1.33. The van der Waals surface area contributed by atoms with Crippen LogP contribution < -0.4 is 0 Å². The van der Waals surface area contributed by atoms with Crippen molar-refractivity contribution in [3.05, 3.63) is 11.9 Å². The number of hydrogen-bond acceptors (Lipinski definition) is 11. The van der Waals surface area contributed by atoms with Crippen LogP contribution >= 0.6 is 0 Å². The smallest absolute Gasteiger partial charge is 0.327 e. The monoisotopic (exact) mass is 510 g/mol. The van der Waals surface area contributed by atoms with Gasteiger partial charge in [-0.25, -0.2) is 4.68 Å². The third-order valence-corrected chi connectivity index (χ3v) is 5.23. The van der Waals surface area contributed by atoms with Crippen LogP contribution in [0.2, 0.25) is 0 Å². The zero-order valence-corrected chi connectivity index (χ0v) is 22.8. The number of carbonyl (C=O) groups is 3. The fourth-order valence-corrected chi connectivity index (χ4v) is 3.69. The Hall–Kier alpha value is -2.57. The van der Waals surface area contributed by atoms with E-state index in [1.165, 1.54) is 11.8 Å². The third kappa shape index (κ3) is 11.9. The summed E-state index contributed by atoms with van der Waals surface area (Å²) in [6, 6.07) is 0. The van der Waals surface area contributed by atoms with Crippen LogP contribution in [0.5, 0.6) is 0 Å². The topological polar surface area (TPSA) is 119 Å². The molecule has 36 heavy (non-hydrogen) atoms. The van der Waals surface area contributed by atoms with Gasteiger partial charge in [-0.2, -0.15) is 0 Å². The SMILES string of the molecule is COC(=O)Cn1cc(CN2CCN(CC(=O)OC(C)(C)C)CCN(CC(=O)OC(C)(C)C)CC2)nn1. The minimum atomic E-state index is -0.554. The number of methoxy groups -OCH3 is 1. The van der Waals surface area contributed by atoms with E-state index in [-0.39, 0.29) is 31.6 Å². The molecular formula is C24H42N6O6. The molecule has 2 rings (SSSR count). The Morgan fingerprint density at radius 1 is 0.750 bits per heavy atom. The highest BCUT2D eigenvalue weighted by Crippen LogP contribution is 2.11. The van der Waals surface area contributed by atoms with Crippen LogP contribution in [-0.4, -0.2) is 118 Å². The average Bonchev–Trinajstić information content (AvgIpc) is 3.18. The van der Waals surface area contributed by atoms with Gasteiger partial charge in [0.15, 0.2) is 0 Å². The predicted octanol–water partition coefficient (Wildman–Crippen LogP) is 0.554. The Morgan fingerprint density at radius 2 is 1.19 bits per heavy atom. The van der Waals surface area contributed by atoms with Crippen molar-refractivity contribution in [3.8, 4) is 0 Å². The molecule has 1 saturated heterocycles. The van der Waals surface area contributed by atoms with Crippen molar-refractivity contribution < 1.29 is 28.6 Å². The van der Waals surface area contributed by atoms with Gasteiger partial charge in [0.1, 0.15) is 17.7 Å². The van der Waals surface area contributed by atoms with Gasteiger partial charge in [-0.05, 0) is 41.5 Å². The van der Waals surface area contributed by atoms with E-state index >= 15 is 0 Å². The standard InChI is InChI=1S/C24H42N6O6/c1-23(2,3)35-21(32)16-28-10-8-27(14-19-15-30(26-25-19)18-20(31)34-7)9-11-29(13-12-28)17-22(33)36-24(4,5)6/h15H,8-14,16-18H2,1-7H3. The summed E-state index contributed by atoms with van der Waals surface area (Å²) >= 11 is 0. The van der Waals surface area contributed by atoms with Crippen LogP contribution in [0, 0.1) is 0 Å². The molecule has 0 aromatic carbocycles. The molecule has 1 aromatic rings. The second-order valence-electron chi connectivity index (χ2n) is 11.0. The molecule has 1 aromatic heterocycles. The molecule has 12 nitrogen and oxygen atoms in total. The van der Waals surface area contributed by atoms with Crippen molar-refractivity contribution >= 4 is 17.9 Å². The first-order valence-electron chi connectivity index (χ1n) is 12.3.